The first kappa shape index (κ1) is 11.4. The highest BCUT2D eigenvalue weighted by Gasteiger charge is 2.17. The number of rotatable bonds is 1. The summed E-state index contributed by atoms with van der Waals surface area (Å²) in [5.41, 5.74) is 11.2. The predicted molar refractivity (Wildman–Crippen MR) is 83.4 cm³/mol. The van der Waals surface area contributed by atoms with Crippen molar-refractivity contribution in [3.05, 3.63) is 59.9 Å². The number of nitrogens with two attached hydrogens (primary N) is 1. The van der Waals surface area contributed by atoms with E-state index in [1.54, 1.807) is 0 Å². The van der Waals surface area contributed by atoms with Crippen molar-refractivity contribution in [2.45, 2.75) is 12.8 Å². The van der Waals surface area contributed by atoms with Gasteiger partial charge in [0.25, 0.3) is 0 Å². The summed E-state index contributed by atoms with van der Waals surface area (Å²) in [6, 6.07) is 14.2. The van der Waals surface area contributed by atoms with Gasteiger partial charge in [0.1, 0.15) is 11.3 Å². The molecule has 0 saturated carbocycles. The zero-order chi connectivity index (χ0) is 13.5. The van der Waals surface area contributed by atoms with E-state index in [4.69, 9.17) is 10.2 Å². The minimum atomic E-state index is 0.785. The van der Waals surface area contributed by atoms with Crippen LogP contribution in [0.2, 0.25) is 0 Å². The Balaban J connectivity index is 2.05. The highest BCUT2D eigenvalue weighted by molar-refractivity contribution is 6.01. The topological polar surface area (TPSA) is 39.2 Å². The zero-order valence-electron chi connectivity index (χ0n) is 11.1. The molecule has 98 valence electrons. The zero-order valence-corrected chi connectivity index (χ0v) is 11.1. The van der Waals surface area contributed by atoms with Crippen LogP contribution in [0, 0.1) is 0 Å². The van der Waals surface area contributed by atoms with E-state index in [0.29, 0.717) is 0 Å². The Kier molecular flexibility index (Phi) is 2.43. The molecule has 0 aliphatic heterocycles. The van der Waals surface area contributed by atoms with Crippen molar-refractivity contribution in [3.8, 4) is 11.1 Å². The fourth-order valence-corrected chi connectivity index (χ4v) is 2.95. The van der Waals surface area contributed by atoms with E-state index < -0.39 is 0 Å². The molecule has 3 aromatic rings. The Labute approximate surface area is 117 Å². The van der Waals surface area contributed by atoms with Crippen molar-refractivity contribution in [3.63, 3.8) is 0 Å². The smallest absolute Gasteiger partial charge is 0.135 e. The summed E-state index contributed by atoms with van der Waals surface area (Å²) in [5, 5.41) is 1.20. The van der Waals surface area contributed by atoms with E-state index >= 15 is 0 Å². The van der Waals surface area contributed by atoms with E-state index in [9.17, 15) is 0 Å². The number of aryl methyl sites for hydroxylation is 1. The lowest BCUT2D eigenvalue weighted by molar-refractivity contribution is 0.546. The maximum Gasteiger partial charge on any atom is 0.135 e. The number of allylic oxidation sites excluding steroid dienone is 1. The molecule has 2 aromatic carbocycles. The summed E-state index contributed by atoms with van der Waals surface area (Å²) in [6.07, 6.45) is 6.44. The molecule has 0 radical (unpaired) electrons. The van der Waals surface area contributed by atoms with Gasteiger partial charge in [0, 0.05) is 23.1 Å². The SMILES string of the molecule is Nc1cccc(-c2cccc3oc4c(c23)C=CCC4)c1. The predicted octanol–water partition coefficient (Wildman–Crippen LogP) is 4.64. The standard InChI is InChI=1S/C18H15NO/c19-13-6-3-5-12(11-13)14-8-4-10-17-18(14)15-7-1-2-9-16(15)20-17/h1,3-8,10-11H,2,9,19H2. The van der Waals surface area contributed by atoms with Crippen molar-refractivity contribution in [2.24, 2.45) is 0 Å². The summed E-state index contributed by atoms with van der Waals surface area (Å²) in [5.74, 6) is 1.10. The van der Waals surface area contributed by atoms with Crippen LogP contribution >= 0.6 is 0 Å². The maximum absolute atomic E-state index is 6.00. The van der Waals surface area contributed by atoms with Gasteiger partial charge in [-0.15, -0.1) is 0 Å². The number of hydrogen-bond donors (Lipinski definition) is 1. The van der Waals surface area contributed by atoms with Crippen molar-refractivity contribution < 1.29 is 4.42 Å². The van der Waals surface area contributed by atoms with Crippen LogP contribution in [0.25, 0.3) is 28.2 Å². The molecule has 1 aliphatic carbocycles. The van der Waals surface area contributed by atoms with E-state index in [1.165, 1.54) is 16.5 Å². The van der Waals surface area contributed by atoms with Crippen molar-refractivity contribution in [1.29, 1.82) is 0 Å². The van der Waals surface area contributed by atoms with Crippen LogP contribution in [0.4, 0.5) is 5.69 Å². The molecule has 0 saturated heterocycles. The summed E-state index contributed by atoms with van der Waals surface area (Å²) in [7, 11) is 0. The van der Waals surface area contributed by atoms with Gasteiger partial charge in [-0.2, -0.15) is 0 Å². The van der Waals surface area contributed by atoms with Crippen LogP contribution in [-0.2, 0) is 6.42 Å². The fourth-order valence-electron chi connectivity index (χ4n) is 2.95. The van der Waals surface area contributed by atoms with E-state index in [-0.39, 0.29) is 0 Å². The summed E-state index contributed by atoms with van der Waals surface area (Å²) >= 11 is 0. The van der Waals surface area contributed by atoms with Crippen molar-refractivity contribution in [2.75, 3.05) is 5.73 Å². The molecule has 1 heterocycles. The first-order valence-electron chi connectivity index (χ1n) is 6.90. The molecule has 1 aromatic heterocycles. The molecule has 0 bridgehead atoms. The Morgan fingerprint density at radius 2 is 1.95 bits per heavy atom. The molecular formula is C18H15NO. The minimum absolute atomic E-state index is 0.785. The third-order valence-electron chi connectivity index (χ3n) is 3.85. The number of fused-ring (bicyclic) bond motifs is 3. The molecule has 4 rings (SSSR count). The minimum Gasteiger partial charge on any atom is -0.460 e. The first-order chi connectivity index (χ1) is 9.83. The first-order valence-corrected chi connectivity index (χ1v) is 6.90. The number of furan rings is 1. The van der Waals surface area contributed by atoms with E-state index in [0.717, 1.165) is 35.4 Å². The monoisotopic (exact) mass is 261 g/mol. The molecule has 0 fully saturated rings. The quantitative estimate of drug-likeness (QED) is 0.648. The van der Waals surface area contributed by atoms with Crippen LogP contribution in [0.15, 0.2) is 53.0 Å². The second-order valence-electron chi connectivity index (χ2n) is 5.18. The molecule has 2 nitrogen and oxygen atoms in total. The number of hydrogen-bond acceptors (Lipinski definition) is 2. The van der Waals surface area contributed by atoms with Gasteiger partial charge in [-0.3, -0.25) is 0 Å². The molecule has 20 heavy (non-hydrogen) atoms. The number of nitrogen functional groups attached to an aromatic ring is 1. The van der Waals surface area contributed by atoms with Crippen LogP contribution in [0.1, 0.15) is 17.7 Å². The van der Waals surface area contributed by atoms with Gasteiger partial charge in [0.2, 0.25) is 0 Å². The highest BCUT2D eigenvalue weighted by Crippen LogP contribution is 2.37. The maximum atomic E-state index is 6.00. The third-order valence-corrected chi connectivity index (χ3v) is 3.85. The summed E-state index contributed by atoms with van der Waals surface area (Å²) in [6.45, 7) is 0. The van der Waals surface area contributed by atoms with Crippen molar-refractivity contribution in [1.82, 2.24) is 0 Å². The van der Waals surface area contributed by atoms with Crippen molar-refractivity contribution >= 4 is 22.7 Å². The van der Waals surface area contributed by atoms with Crippen LogP contribution in [-0.4, -0.2) is 0 Å². The lowest BCUT2D eigenvalue weighted by atomic mass is 9.95. The Bertz CT molecular complexity index is 827. The molecular weight excluding hydrogens is 246 g/mol. The molecule has 0 unspecified atom stereocenters. The average Bonchev–Trinajstić information content (AvgIpc) is 2.85. The third kappa shape index (κ3) is 1.65. The molecule has 0 amide bonds. The summed E-state index contributed by atoms with van der Waals surface area (Å²) < 4.78 is 6.00. The van der Waals surface area contributed by atoms with Crippen LogP contribution < -0.4 is 5.73 Å². The molecule has 0 spiro atoms. The van der Waals surface area contributed by atoms with Crippen LogP contribution in [0.3, 0.4) is 0 Å². The summed E-state index contributed by atoms with van der Waals surface area (Å²) in [4.78, 5) is 0. The normalized spacial score (nSPS) is 13.6. The lowest BCUT2D eigenvalue weighted by Crippen LogP contribution is -1.90. The fraction of sp³-hybridized carbons (Fsp3) is 0.111. The number of anilines is 1. The second-order valence-corrected chi connectivity index (χ2v) is 5.18. The van der Waals surface area contributed by atoms with E-state index in [1.807, 2.05) is 30.3 Å². The lowest BCUT2D eigenvalue weighted by Gasteiger charge is -2.07. The van der Waals surface area contributed by atoms with E-state index in [2.05, 4.69) is 24.3 Å². The largest absolute Gasteiger partial charge is 0.460 e. The van der Waals surface area contributed by atoms with Gasteiger partial charge in [0.05, 0.1) is 0 Å². The highest BCUT2D eigenvalue weighted by atomic mass is 16.3. The van der Waals surface area contributed by atoms with Gasteiger partial charge in [-0.05, 0) is 35.7 Å². The molecule has 0 atom stereocenters. The van der Waals surface area contributed by atoms with Gasteiger partial charge in [-0.1, -0.05) is 36.4 Å². The van der Waals surface area contributed by atoms with Gasteiger partial charge in [-0.25, -0.2) is 0 Å². The van der Waals surface area contributed by atoms with Gasteiger partial charge < -0.3 is 10.2 Å². The average molecular weight is 261 g/mol. The van der Waals surface area contributed by atoms with Gasteiger partial charge in [0.15, 0.2) is 0 Å². The Morgan fingerprint density at radius 3 is 2.85 bits per heavy atom. The number of benzene rings is 2. The Hall–Kier alpha value is -2.48. The molecule has 2 N–H and O–H groups in total. The van der Waals surface area contributed by atoms with Gasteiger partial charge >= 0.3 is 0 Å². The molecule has 1 aliphatic rings. The Morgan fingerprint density at radius 1 is 1.05 bits per heavy atom. The van der Waals surface area contributed by atoms with Crippen LogP contribution in [0.5, 0.6) is 0 Å². The second kappa shape index (κ2) is 4.27. The molecule has 2 heteroatoms.